The molecular weight excluding hydrogens is 440 g/mol. The first kappa shape index (κ1) is 23.1. The smallest absolute Gasteiger partial charge is 0.284 e. The maximum Gasteiger partial charge on any atom is 0.284 e. The van der Waals surface area contributed by atoms with E-state index in [-0.39, 0.29) is 13.2 Å². The number of benzene rings is 3. The topological polar surface area (TPSA) is 66.0 Å². The molecule has 0 bridgehead atoms. The van der Waals surface area contributed by atoms with Crippen molar-refractivity contribution in [3.05, 3.63) is 71.3 Å². The van der Waals surface area contributed by atoms with Gasteiger partial charge in [0.1, 0.15) is 5.69 Å². The van der Waals surface area contributed by atoms with E-state index >= 15 is 0 Å². The monoisotopic (exact) mass is 471 g/mol. The lowest BCUT2D eigenvalue weighted by Crippen LogP contribution is -2.45. The van der Waals surface area contributed by atoms with Gasteiger partial charge in [0.15, 0.2) is 11.5 Å². The van der Waals surface area contributed by atoms with E-state index in [2.05, 4.69) is 33.7 Å². The van der Waals surface area contributed by atoms with Crippen LogP contribution in [0.15, 0.2) is 54.6 Å². The number of aliphatic hydroxyl groups is 2. The fourth-order valence-electron chi connectivity index (χ4n) is 5.36. The number of aliphatic hydroxyl groups excluding tert-OH is 2. The van der Waals surface area contributed by atoms with Gasteiger partial charge in [-0.2, -0.15) is 0 Å². The van der Waals surface area contributed by atoms with Crippen molar-refractivity contribution in [3.63, 3.8) is 0 Å². The molecule has 0 unspecified atom stereocenters. The van der Waals surface area contributed by atoms with Crippen molar-refractivity contribution in [2.24, 2.45) is 0 Å². The molecule has 5 rings (SSSR count). The number of pyridine rings is 1. The average molecular weight is 472 g/mol. The molecule has 0 aliphatic carbocycles. The Morgan fingerprint density at radius 3 is 2.17 bits per heavy atom. The quantitative estimate of drug-likeness (QED) is 0.415. The van der Waals surface area contributed by atoms with Crippen LogP contribution in [0.4, 0.5) is 5.82 Å². The van der Waals surface area contributed by atoms with E-state index in [1.165, 1.54) is 0 Å². The van der Waals surface area contributed by atoms with Gasteiger partial charge in [-0.3, -0.25) is 4.90 Å². The van der Waals surface area contributed by atoms with Crippen LogP contribution in [0.5, 0.6) is 11.5 Å². The van der Waals surface area contributed by atoms with Crippen LogP contribution < -0.4 is 18.9 Å². The Hall–Kier alpha value is -3.61. The first-order chi connectivity index (χ1) is 17.0. The van der Waals surface area contributed by atoms with Crippen LogP contribution in [0.25, 0.3) is 33.2 Å². The number of rotatable bonds is 6. The molecule has 2 N–H and O–H groups in total. The minimum absolute atomic E-state index is 0.110. The first-order valence-corrected chi connectivity index (χ1v) is 11.8. The highest BCUT2D eigenvalue weighted by atomic mass is 16.5. The van der Waals surface area contributed by atoms with Crippen LogP contribution in [-0.2, 0) is 26.2 Å². The highest BCUT2D eigenvalue weighted by Crippen LogP contribution is 2.47. The van der Waals surface area contributed by atoms with Crippen LogP contribution in [0, 0.1) is 0 Å². The second kappa shape index (κ2) is 9.21. The molecule has 35 heavy (non-hydrogen) atoms. The maximum absolute atomic E-state index is 9.91. The normalized spacial score (nSPS) is 12.3. The average Bonchev–Trinajstić information content (AvgIpc) is 2.89. The summed E-state index contributed by atoms with van der Waals surface area (Å²) in [4.78, 5) is 2.12. The van der Waals surface area contributed by atoms with E-state index in [4.69, 9.17) is 9.47 Å². The number of hydrogen-bond donors (Lipinski definition) is 2. The van der Waals surface area contributed by atoms with Crippen LogP contribution >= 0.6 is 0 Å². The number of anilines is 1. The highest BCUT2D eigenvalue weighted by Gasteiger charge is 2.32. The SMILES string of the molecule is COc1c(-c2ccccc2)cc2c(c1OC)CC[n+]1c-2cc2cc(CO)c(CO)cc2c1N(C)C. The molecule has 2 heterocycles. The third kappa shape index (κ3) is 3.70. The minimum atomic E-state index is -0.118. The van der Waals surface area contributed by atoms with Gasteiger partial charge < -0.3 is 19.7 Å². The Kier molecular flexibility index (Phi) is 6.09. The zero-order valence-corrected chi connectivity index (χ0v) is 20.6. The van der Waals surface area contributed by atoms with Gasteiger partial charge >= 0.3 is 0 Å². The van der Waals surface area contributed by atoms with E-state index in [0.717, 1.165) is 80.1 Å². The van der Waals surface area contributed by atoms with Crippen LogP contribution in [0.3, 0.4) is 0 Å². The molecule has 1 aromatic heterocycles. The zero-order valence-electron chi connectivity index (χ0n) is 20.6. The van der Waals surface area contributed by atoms with Crippen molar-refractivity contribution in [1.29, 1.82) is 0 Å². The molecule has 4 aromatic rings. The molecule has 0 fully saturated rings. The number of ether oxygens (including phenoxy) is 2. The zero-order chi connectivity index (χ0) is 24.7. The van der Waals surface area contributed by atoms with Gasteiger partial charge in [0.2, 0.25) is 0 Å². The minimum Gasteiger partial charge on any atom is -0.493 e. The molecule has 6 heteroatoms. The molecule has 0 saturated carbocycles. The van der Waals surface area contributed by atoms with Gasteiger partial charge in [-0.1, -0.05) is 30.3 Å². The molecule has 0 radical (unpaired) electrons. The molecule has 1 aliphatic rings. The Morgan fingerprint density at radius 2 is 1.54 bits per heavy atom. The summed E-state index contributed by atoms with van der Waals surface area (Å²) in [6.07, 6.45) is 0.801. The molecule has 0 amide bonds. The summed E-state index contributed by atoms with van der Waals surface area (Å²) in [6.45, 7) is 0.556. The standard InChI is InChI=1S/C29H31N2O4/c1-30(2)29-24-13-21(17-33)20(16-32)12-19(24)14-26-25-15-23(18-8-6-5-7-9-18)28(35-4)27(34-3)22(25)10-11-31(26)29/h5-9,12-15,32-33H,10-11,16-17H2,1-4H3/q+1. The van der Waals surface area contributed by atoms with E-state index < -0.39 is 0 Å². The lowest BCUT2D eigenvalue weighted by atomic mass is 9.89. The fourth-order valence-corrected chi connectivity index (χ4v) is 5.36. The molecule has 0 atom stereocenters. The lowest BCUT2D eigenvalue weighted by Gasteiger charge is -2.27. The summed E-state index contributed by atoms with van der Waals surface area (Å²) < 4.78 is 14.1. The van der Waals surface area contributed by atoms with E-state index in [9.17, 15) is 10.2 Å². The van der Waals surface area contributed by atoms with Crippen molar-refractivity contribution in [2.75, 3.05) is 33.2 Å². The van der Waals surface area contributed by atoms with Crippen LogP contribution in [0.2, 0.25) is 0 Å². The summed E-state index contributed by atoms with van der Waals surface area (Å²) in [7, 11) is 7.47. The summed E-state index contributed by atoms with van der Waals surface area (Å²) in [5.74, 6) is 2.58. The van der Waals surface area contributed by atoms with Crippen molar-refractivity contribution in [1.82, 2.24) is 0 Å². The maximum atomic E-state index is 9.91. The number of aromatic nitrogens is 1. The van der Waals surface area contributed by atoms with Gasteiger partial charge in [0.05, 0.1) is 53.5 Å². The molecule has 180 valence electrons. The van der Waals surface area contributed by atoms with Crippen molar-refractivity contribution in [2.45, 2.75) is 26.2 Å². The second-order valence-corrected chi connectivity index (χ2v) is 9.06. The molecular formula is C29H31N2O4+. The Morgan fingerprint density at radius 1 is 0.857 bits per heavy atom. The number of hydrogen-bond acceptors (Lipinski definition) is 5. The van der Waals surface area contributed by atoms with Gasteiger partial charge in [-0.15, -0.1) is 0 Å². The van der Waals surface area contributed by atoms with Gasteiger partial charge in [0, 0.05) is 23.1 Å². The van der Waals surface area contributed by atoms with Gasteiger partial charge in [-0.25, -0.2) is 4.57 Å². The van der Waals surface area contributed by atoms with Crippen LogP contribution in [-0.4, -0.2) is 38.5 Å². The summed E-state index contributed by atoms with van der Waals surface area (Å²) in [5.41, 5.74) is 6.85. The first-order valence-electron chi connectivity index (χ1n) is 11.8. The number of nitrogens with zero attached hydrogens (tertiary/aromatic N) is 2. The van der Waals surface area contributed by atoms with Crippen molar-refractivity contribution < 1.29 is 24.3 Å². The molecule has 6 nitrogen and oxygen atoms in total. The molecule has 1 aliphatic heterocycles. The highest BCUT2D eigenvalue weighted by molar-refractivity contribution is 5.95. The van der Waals surface area contributed by atoms with E-state index in [1.54, 1.807) is 14.2 Å². The summed E-state index contributed by atoms with van der Waals surface area (Å²) in [5, 5.41) is 21.9. The third-order valence-electron chi connectivity index (χ3n) is 6.91. The predicted molar refractivity (Wildman–Crippen MR) is 138 cm³/mol. The fraction of sp³-hybridized carbons (Fsp3) is 0.276. The van der Waals surface area contributed by atoms with Crippen LogP contribution in [0.1, 0.15) is 16.7 Å². The van der Waals surface area contributed by atoms with Gasteiger partial charge in [-0.05, 0) is 46.3 Å². The third-order valence-corrected chi connectivity index (χ3v) is 6.91. The van der Waals surface area contributed by atoms with Crippen molar-refractivity contribution >= 4 is 16.6 Å². The second-order valence-electron chi connectivity index (χ2n) is 9.06. The molecule has 3 aromatic carbocycles. The molecule has 0 saturated heterocycles. The summed E-state index contributed by atoms with van der Waals surface area (Å²) in [6, 6.07) is 18.6. The number of fused-ring (bicyclic) bond motifs is 4. The van der Waals surface area contributed by atoms with E-state index in [0.29, 0.717) is 0 Å². The number of methoxy groups -OCH3 is 2. The largest absolute Gasteiger partial charge is 0.493 e. The molecule has 0 spiro atoms. The Balaban J connectivity index is 1.87. The van der Waals surface area contributed by atoms with E-state index in [1.807, 2.05) is 44.4 Å². The Bertz CT molecular complexity index is 1410. The lowest BCUT2D eigenvalue weighted by molar-refractivity contribution is -0.674. The van der Waals surface area contributed by atoms with Crippen molar-refractivity contribution in [3.8, 4) is 33.9 Å². The summed E-state index contributed by atoms with van der Waals surface area (Å²) >= 11 is 0. The predicted octanol–water partition coefficient (Wildman–Crippen LogP) is 4.09. The van der Waals surface area contributed by atoms with Gasteiger partial charge in [0.25, 0.3) is 5.82 Å². The Labute approximate surface area is 205 Å².